The first-order valence-corrected chi connectivity index (χ1v) is 5.61. The minimum absolute atomic E-state index is 0.0949. The van der Waals surface area contributed by atoms with Gasteiger partial charge in [0.2, 0.25) is 0 Å². The van der Waals surface area contributed by atoms with Gasteiger partial charge in [0.25, 0.3) is 0 Å². The number of rotatable bonds is 2. The summed E-state index contributed by atoms with van der Waals surface area (Å²) in [5.41, 5.74) is 6.79. The van der Waals surface area contributed by atoms with E-state index in [1.807, 2.05) is 4.90 Å². The first-order valence-electron chi connectivity index (χ1n) is 5.61. The number of halogens is 3. The van der Waals surface area contributed by atoms with Crippen molar-refractivity contribution in [2.24, 2.45) is 0 Å². The average molecular weight is 243 g/mol. The van der Waals surface area contributed by atoms with Gasteiger partial charge in [-0.05, 0) is 31.5 Å². The highest BCUT2D eigenvalue weighted by Crippen LogP contribution is 2.35. The smallest absolute Gasteiger partial charge is 0.416 e. The van der Waals surface area contributed by atoms with Crippen LogP contribution in [0.25, 0.3) is 5.73 Å². The first kappa shape index (κ1) is 12.2. The first-order chi connectivity index (χ1) is 7.97. The van der Waals surface area contributed by atoms with Crippen LogP contribution in [-0.4, -0.2) is 18.0 Å². The fourth-order valence-electron chi connectivity index (χ4n) is 2.16. The summed E-state index contributed by atoms with van der Waals surface area (Å²) in [4.78, 5) is 2.02. The van der Waals surface area contributed by atoms with E-state index in [4.69, 9.17) is 5.73 Å². The molecule has 2 nitrogen and oxygen atoms in total. The lowest BCUT2D eigenvalue weighted by molar-refractivity contribution is -0.138. The molecule has 0 atom stereocenters. The Hall–Kier alpha value is -1.23. The fraction of sp³-hybridized carbons (Fsp3) is 0.500. The van der Waals surface area contributed by atoms with Crippen molar-refractivity contribution < 1.29 is 13.2 Å². The topological polar surface area (TPSA) is 27.0 Å². The van der Waals surface area contributed by atoms with Gasteiger partial charge in [0, 0.05) is 6.54 Å². The molecule has 0 aliphatic carbocycles. The maximum atomic E-state index is 12.8. The van der Waals surface area contributed by atoms with Crippen LogP contribution in [0.2, 0.25) is 0 Å². The molecule has 94 valence electrons. The number of nitrogens with one attached hydrogen (secondary N) is 1. The molecule has 17 heavy (non-hydrogen) atoms. The molecule has 0 bridgehead atoms. The third-order valence-electron chi connectivity index (χ3n) is 3.01. The predicted octanol–water partition coefficient (Wildman–Crippen LogP) is 3.98. The van der Waals surface area contributed by atoms with Crippen LogP contribution >= 0.6 is 0 Å². The molecule has 1 N–H and O–H groups in total. The predicted molar refractivity (Wildman–Crippen MR) is 59.9 cm³/mol. The van der Waals surface area contributed by atoms with Crippen molar-refractivity contribution in [3.8, 4) is 0 Å². The summed E-state index contributed by atoms with van der Waals surface area (Å²) >= 11 is 0. The number of hydrogen-bond acceptors (Lipinski definition) is 1. The minimum Gasteiger partial charge on any atom is -0.699 e. The summed E-state index contributed by atoms with van der Waals surface area (Å²) in [5.74, 6) is 0. The van der Waals surface area contributed by atoms with Gasteiger partial charge in [0.1, 0.15) is 0 Å². The van der Waals surface area contributed by atoms with Gasteiger partial charge in [-0.1, -0.05) is 18.2 Å². The Bertz CT molecular complexity index is 395. The summed E-state index contributed by atoms with van der Waals surface area (Å²) in [6.45, 7) is 2.05. The van der Waals surface area contributed by atoms with Gasteiger partial charge in [-0.25, -0.2) is 0 Å². The largest absolute Gasteiger partial charge is 0.699 e. The number of alkyl halides is 3. The maximum Gasteiger partial charge on any atom is 0.416 e. The molecule has 0 radical (unpaired) electrons. The average Bonchev–Trinajstić information content (AvgIpc) is 2.72. The van der Waals surface area contributed by atoms with Crippen molar-refractivity contribution in [3.05, 3.63) is 35.1 Å². The molecule has 1 aliphatic heterocycles. The molecule has 1 aromatic carbocycles. The van der Waals surface area contributed by atoms with Crippen molar-refractivity contribution in [3.63, 3.8) is 0 Å². The Kier molecular flexibility index (Phi) is 3.28. The van der Waals surface area contributed by atoms with Gasteiger partial charge in [-0.15, -0.1) is 5.69 Å². The molecular formula is C12H14F3N2-. The Morgan fingerprint density at radius 2 is 1.82 bits per heavy atom. The quantitative estimate of drug-likeness (QED) is 0.771. The van der Waals surface area contributed by atoms with E-state index >= 15 is 0 Å². The Labute approximate surface area is 98.2 Å². The molecule has 0 saturated carbocycles. The van der Waals surface area contributed by atoms with Crippen molar-refractivity contribution in [1.29, 1.82) is 0 Å². The second-order valence-corrected chi connectivity index (χ2v) is 4.35. The van der Waals surface area contributed by atoms with Crippen LogP contribution in [0.1, 0.15) is 24.0 Å². The van der Waals surface area contributed by atoms with E-state index in [2.05, 4.69) is 0 Å². The zero-order valence-electron chi connectivity index (χ0n) is 9.35. The Morgan fingerprint density at radius 3 is 2.41 bits per heavy atom. The summed E-state index contributed by atoms with van der Waals surface area (Å²) in [6, 6.07) is 3.75. The van der Waals surface area contributed by atoms with Crippen LogP contribution in [-0.2, 0) is 12.7 Å². The molecule has 0 amide bonds. The third kappa shape index (κ3) is 2.91. The standard InChI is InChI=1S/C12H14F3N2/c13-12(14,15)11-7-10(16)4-3-9(11)8-17-5-1-2-6-17/h3-4,7,16H,1-2,5-6,8H2/q-1. The van der Waals surface area contributed by atoms with E-state index in [1.165, 1.54) is 12.1 Å². The van der Waals surface area contributed by atoms with E-state index in [1.54, 1.807) is 0 Å². The SMILES string of the molecule is [NH-]c1ccc(CN2CCCC2)c(C(F)(F)F)c1. The van der Waals surface area contributed by atoms with Crippen molar-refractivity contribution in [2.75, 3.05) is 13.1 Å². The number of hydrogen-bond donors (Lipinski definition) is 0. The van der Waals surface area contributed by atoms with Crippen molar-refractivity contribution in [1.82, 2.24) is 4.90 Å². The van der Waals surface area contributed by atoms with E-state index in [0.29, 0.717) is 6.54 Å². The highest BCUT2D eigenvalue weighted by atomic mass is 19.4. The van der Waals surface area contributed by atoms with Crippen LogP contribution in [0.15, 0.2) is 18.2 Å². The molecule has 0 aromatic heterocycles. The number of nitrogens with zero attached hydrogens (tertiary/aromatic N) is 1. The summed E-state index contributed by atoms with van der Waals surface area (Å²) in [7, 11) is 0. The lowest BCUT2D eigenvalue weighted by atomic mass is 10.1. The van der Waals surface area contributed by atoms with Crippen molar-refractivity contribution >= 4 is 5.69 Å². The van der Waals surface area contributed by atoms with Crippen LogP contribution in [0.4, 0.5) is 18.9 Å². The molecule has 1 saturated heterocycles. The fourth-order valence-corrected chi connectivity index (χ4v) is 2.16. The number of benzene rings is 1. The summed E-state index contributed by atoms with van der Waals surface area (Å²) in [6.07, 6.45) is -2.26. The van der Waals surface area contributed by atoms with Gasteiger partial charge in [0.05, 0.1) is 5.56 Å². The van der Waals surface area contributed by atoms with Gasteiger partial charge < -0.3 is 5.73 Å². The third-order valence-corrected chi connectivity index (χ3v) is 3.01. The lowest BCUT2D eigenvalue weighted by Gasteiger charge is -2.20. The molecule has 0 spiro atoms. The summed E-state index contributed by atoms with van der Waals surface area (Å²) < 4.78 is 38.4. The van der Waals surface area contributed by atoms with Crippen LogP contribution < -0.4 is 0 Å². The molecule has 1 fully saturated rings. The van der Waals surface area contributed by atoms with E-state index in [0.717, 1.165) is 32.0 Å². The Balaban J connectivity index is 2.25. The molecular weight excluding hydrogens is 229 g/mol. The zero-order chi connectivity index (χ0) is 12.5. The minimum atomic E-state index is -4.37. The molecule has 2 rings (SSSR count). The van der Waals surface area contributed by atoms with Crippen LogP contribution in [0, 0.1) is 0 Å². The second-order valence-electron chi connectivity index (χ2n) is 4.35. The molecule has 1 heterocycles. The van der Waals surface area contributed by atoms with E-state index in [9.17, 15) is 13.2 Å². The van der Waals surface area contributed by atoms with Gasteiger partial charge >= 0.3 is 6.18 Å². The van der Waals surface area contributed by atoms with E-state index < -0.39 is 11.7 Å². The molecule has 0 unspecified atom stereocenters. The normalized spacial score (nSPS) is 17.6. The zero-order valence-corrected chi connectivity index (χ0v) is 9.35. The van der Waals surface area contributed by atoms with Gasteiger partial charge in [-0.3, -0.25) is 4.90 Å². The molecule has 1 aliphatic rings. The van der Waals surface area contributed by atoms with Crippen LogP contribution in [0.5, 0.6) is 0 Å². The molecule has 1 aromatic rings. The van der Waals surface area contributed by atoms with Crippen LogP contribution in [0.3, 0.4) is 0 Å². The highest BCUT2D eigenvalue weighted by Gasteiger charge is 2.33. The van der Waals surface area contributed by atoms with Gasteiger partial charge in [0.15, 0.2) is 0 Å². The maximum absolute atomic E-state index is 12.8. The summed E-state index contributed by atoms with van der Waals surface area (Å²) in [5, 5.41) is 0. The highest BCUT2D eigenvalue weighted by molar-refractivity contribution is 5.49. The van der Waals surface area contributed by atoms with Crippen molar-refractivity contribution in [2.45, 2.75) is 25.6 Å². The Morgan fingerprint density at radius 1 is 1.18 bits per heavy atom. The monoisotopic (exact) mass is 243 g/mol. The second kappa shape index (κ2) is 4.56. The lowest BCUT2D eigenvalue weighted by Crippen LogP contribution is -2.21. The van der Waals surface area contributed by atoms with Gasteiger partial charge in [-0.2, -0.15) is 13.2 Å². The van der Waals surface area contributed by atoms with E-state index in [-0.39, 0.29) is 11.3 Å². The number of likely N-dealkylation sites (tertiary alicyclic amines) is 1. The molecule has 5 heteroatoms.